The van der Waals surface area contributed by atoms with Crippen molar-refractivity contribution in [3.8, 4) is 22.6 Å². The average Bonchev–Trinajstić information content (AvgIpc) is 3.14. The second-order valence-corrected chi connectivity index (χ2v) is 19.0. The fourth-order valence-corrected chi connectivity index (χ4v) is 10.7. The molecule has 54 heavy (non-hydrogen) atoms. The van der Waals surface area contributed by atoms with E-state index in [1.165, 1.54) is 107 Å². The fraction of sp³-hybridized carbons (Fsp3) is 0.265. The van der Waals surface area contributed by atoms with Crippen molar-refractivity contribution < 1.29 is 4.74 Å². The molecule has 268 valence electrons. The molecule has 0 amide bonds. The highest BCUT2D eigenvalue weighted by Gasteiger charge is 2.41. The number of hydrogen-bond acceptors (Lipinski definition) is 4. The third kappa shape index (κ3) is 4.97. The van der Waals surface area contributed by atoms with Gasteiger partial charge in [-0.25, -0.2) is 0 Å². The molecule has 6 aromatic rings. The summed E-state index contributed by atoms with van der Waals surface area (Å²) in [6.07, 6.45) is 2.37. The van der Waals surface area contributed by atoms with Gasteiger partial charge >= 0.3 is 0 Å². The lowest BCUT2D eigenvalue weighted by Crippen LogP contribution is -2.42. The molecule has 0 unspecified atom stereocenters. The Balaban J connectivity index is 1.23. The van der Waals surface area contributed by atoms with E-state index < -0.39 is 0 Å². The van der Waals surface area contributed by atoms with Crippen LogP contribution in [0.25, 0.3) is 11.1 Å². The van der Waals surface area contributed by atoms with Crippen molar-refractivity contribution in [2.45, 2.75) is 94.3 Å². The van der Waals surface area contributed by atoms with Crippen LogP contribution in [0.3, 0.4) is 0 Å². The van der Waals surface area contributed by atoms with Crippen LogP contribution >= 0.6 is 11.8 Å². The summed E-state index contributed by atoms with van der Waals surface area (Å²) >= 11 is 1.86. The predicted molar refractivity (Wildman–Crippen MR) is 230 cm³/mol. The minimum absolute atomic E-state index is 0.0853. The maximum absolute atomic E-state index is 6.80. The van der Waals surface area contributed by atoms with E-state index in [1.54, 1.807) is 0 Å². The molecule has 0 bridgehead atoms. The number of rotatable bonds is 2. The number of ether oxygens (including phenoxy) is 1. The molecule has 3 nitrogen and oxygen atoms in total. The van der Waals surface area contributed by atoms with E-state index in [1.807, 2.05) is 11.8 Å². The molecule has 3 aliphatic heterocycles. The van der Waals surface area contributed by atoms with Crippen LogP contribution in [0.5, 0.6) is 11.5 Å². The van der Waals surface area contributed by atoms with Crippen LogP contribution in [-0.4, -0.2) is 7.28 Å². The number of benzene rings is 6. The van der Waals surface area contributed by atoms with E-state index in [0.29, 0.717) is 0 Å². The van der Waals surface area contributed by atoms with Crippen molar-refractivity contribution in [1.82, 2.24) is 0 Å². The lowest BCUT2D eigenvalue weighted by molar-refractivity contribution is 0.332. The molecule has 5 heteroatoms. The third-order valence-corrected chi connectivity index (χ3v) is 14.1. The van der Waals surface area contributed by atoms with Gasteiger partial charge in [0.15, 0.2) is 7.28 Å². The summed E-state index contributed by atoms with van der Waals surface area (Å²) in [5, 5.41) is 3.87. The molecule has 3 heterocycles. The first-order valence-electron chi connectivity index (χ1n) is 19.5. The molecule has 0 fully saturated rings. The Labute approximate surface area is 325 Å². The molecule has 0 radical (unpaired) electrons. The Bertz CT molecular complexity index is 2580. The van der Waals surface area contributed by atoms with Gasteiger partial charge in [0.2, 0.25) is 0 Å². The van der Waals surface area contributed by atoms with Gasteiger partial charge in [0.25, 0.3) is 0 Å². The van der Waals surface area contributed by atoms with Crippen LogP contribution in [0, 0.1) is 13.8 Å². The first kappa shape index (κ1) is 33.7. The Morgan fingerprint density at radius 3 is 2.17 bits per heavy atom. The van der Waals surface area contributed by atoms with E-state index in [0.717, 1.165) is 18.8 Å². The fourth-order valence-electron chi connectivity index (χ4n) is 9.71. The molecular weight excluding hydrogens is 675 g/mol. The predicted octanol–water partition coefficient (Wildman–Crippen LogP) is 12.1. The number of nitrogens with one attached hydrogen (secondary N) is 1. The quantitative estimate of drug-likeness (QED) is 0.180. The molecule has 1 aliphatic carbocycles. The summed E-state index contributed by atoms with van der Waals surface area (Å²) in [6, 6.07) is 38.7. The summed E-state index contributed by atoms with van der Waals surface area (Å²) < 4.78 is 6.80. The number of aryl methyl sites for hydroxylation is 2. The van der Waals surface area contributed by atoms with E-state index in [-0.39, 0.29) is 16.2 Å². The van der Waals surface area contributed by atoms with Gasteiger partial charge in [-0.1, -0.05) is 119 Å². The third-order valence-electron chi connectivity index (χ3n) is 12.9. The minimum Gasteiger partial charge on any atom is -0.457 e. The maximum Gasteiger partial charge on any atom is 0.198 e. The zero-order valence-corrected chi connectivity index (χ0v) is 33.5. The first-order chi connectivity index (χ1) is 25.8. The molecule has 10 rings (SSSR count). The average molecular weight is 723 g/mol. The van der Waals surface area contributed by atoms with Crippen LogP contribution in [-0.2, 0) is 16.2 Å². The highest BCUT2D eigenvalue weighted by Crippen LogP contribution is 2.53. The molecule has 0 aromatic heterocycles. The van der Waals surface area contributed by atoms with Crippen molar-refractivity contribution in [1.29, 1.82) is 0 Å². The molecular formula is C49H47BN2OS. The number of hydrogen-bond donors (Lipinski definition) is 1. The standard InChI is InChI=1S/C49H47BN2OS/c1-28-22-31(30-14-13-19-44-46(30)51-37-16-10-12-18-43(37)54-44)45-40(23-28)52(38-26-34-33(24-29(38)2)47(3,4)20-21-48(34,5)6)39-27-42-35(25-36(39)50-45)49(7,8)32-15-9-11-17-41(32)53-42/h9-19,22-27,50-51H,20-21H2,1-8H3. The molecule has 0 spiro atoms. The van der Waals surface area contributed by atoms with Crippen molar-refractivity contribution in [2.75, 3.05) is 10.2 Å². The lowest BCUT2D eigenvalue weighted by atomic mass is 9.57. The Morgan fingerprint density at radius 1 is 0.630 bits per heavy atom. The summed E-state index contributed by atoms with van der Waals surface area (Å²) in [4.78, 5) is 5.11. The van der Waals surface area contributed by atoms with Crippen LogP contribution in [0.2, 0.25) is 0 Å². The number of fused-ring (bicyclic) bond motifs is 7. The van der Waals surface area contributed by atoms with Crippen LogP contribution in [0.4, 0.5) is 28.4 Å². The van der Waals surface area contributed by atoms with Crippen molar-refractivity contribution in [2.24, 2.45) is 0 Å². The summed E-state index contributed by atoms with van der Waals surface area (Å²) in [5.41, 5.74) is 19.3. The molecule has 0 atom stereocenters. The van der Waals surface area contributed by atoms with E-state index in [4.69, 9.17) is 4.74 Å². The zero-order valence-electron chi connectivity index (χ0n) is 32.7. The van der Waals surface area contributed by atoms with Crippen LogP contribution in [0.15, 0.2) is 113 Å². The van der Waals surface area contributed by atoms with Crippen molar-refractivity contribution in [3.05, 3.63) is 137 Å². The number of para-hydroxylation sites is 3. The van der Waals surface area contributed by atoms with Gasteiger partial charge in [-0.3, -0.25) is 0 Å². The second kappa shape index (κ2) is 11.6. The maximum atomic E-state index is 6.80. The monoisotopic (exact) mass is 722 g/mol. The van der Waals surface area contributed by atoms with Gasteiger partial charge in [0.1, 0.15) is 11.5 Å². The summed E-state index contributed by atoms with van der Waals surface area (Å²) in [7, 11) is 0.831. The number of anilines is 5. The first-order valence-corrected chi connectivity index (χ1v) is 20.3. The molecule has 4 aliphatic rings. The van der Waals surface area contributed by atoms with Gasteiger partial charge in [0.05, 0.1) is 11.4 Å². The Kier molecular flexibility index (Phi) is 7.22. The van der Waals surface area contributed by atoms with E-state index in [9.17, 15) is 0 Å². The van der Waals surface area contributed by atoms with Crippen LogP contribution in [0.1, 0.15) is 87.8 Å². The molecule has 1 N–H and O–H groups in total. The van der Waals surface area contributed by atoms with Gasteiger partial charge in [-0.15, -0.1) is 0 Å². The largest absolute Gasteiger partial charge is 0.457 e. The van der Waals surface area contributed by atoms with Crippen molar-refractivity contribution in [3.63, 3.8) is 0 Å². The lowest BCUT2D eigenvalue weighted by Gasteiger charge is -2.44. The highest BCUT2D eigenvalue weighted by atomic mass is 32.2. The van der Waals surface area contributed by atoms with Gasteiger partial charge in [0, 0.05) is 55.0 Å². The van der Waals surface area contributed by atoms with E-state index in [2.05, 4.69) is 169 Å². The SMILES string of the molecule is Cc1cc(-c2cccc3c2Nc2ccccc2S3)c2c(c1)N(c1cc3c(cc1C)C(C)(C)CCC3(C)C)c1cc3c(cc1B2)C(C)(C)c1ccccc1O3. The summed E-state index contributed by atoms with van der Waals surface area (Å²) in [5.74, 6) is 1.90. The highest BCUT2D eigenvalue weighted by molar-refractivity contribution is 7.99. The normalized spacial score (nSPS) is 17.5. The van der Waals surface area contributed by atoms with Gasteiger partial charge < -0.3 is 15.0 Å². The van der Waals surface area contributed by atoms with Gasteiger partial charge in [-0.05, 0) is 107 Å². The van der Waals surface area contributed by atoms with Gasteiger partial charge in [-0.2, -0.15) is 0 Å². The Morgan fingerprint density at radius 2 is 1.35 bits per heavy atom. The van der Waals surface area contributed by atoms with Crippen LogP contribution < -0.4 is 25.9 Å². The zero-order chi connectivity index (χ0) is 37.3. The van der Waals surface area contributed by atoms with Crippen molar-refractivity contribution >= 4 is 58.4 Å². The topological polar surface area (TPSA) is 24.5 Å². The smallest absolute Gasteiger partial charge is 0.198 e. The summed E-state index contributed by atoms with van der Waals surface area (Å²) in [6.45, 7) is 19.0. The Hall–Kier alpha value is -4.87. The second-order valence-electron chi connectivity index (χ2n) is 17.9. The molecule has 0 saturated carbocycles. The number of nitrogens with zero attached hydrogens (tertiary/aromatic N) is 1. The molecule has 6 aromatic carbocycles. The van der Waals surface area contributed by atoms with E-state index >= 15 is 0 Å². The molecule has 0 saturated heterocycles. The minimum atomic E-state index is -0.204.